The highest BCUT2D eigenvalue weighted by Crippen LogP contribution is 2.44. The number of nitrogens with two attached hydrogens (primary N) is 1. The molecule has 0 radical (unpaired) electrons. The maximum absolute atomic E-state index is 11.1. The number of amides is 1. The standard InChI is InChI=1S/C7H9Br2NO3/c8-3-1-7(5(10)11,6(12)13)2-4(3)9/h3-4H,1-2H2,(H2,10,11)(H,12,13)/t3-,4?,7?/m0/s1. The summed E-state index contributed by atoms with van der Waals surface area (Å²) in [6, 6.07) is 0. The van der Waals surface area contributed by atoms with E-state index in [0.717, 1.165) is 0 Å². The molecule has 2 unspecified atom stereocenters. The Morgan fingerprint density at radius 1 is 1.31 bits per heavy atom. The van der Waals surface area contributed by atoms with Crippen molar-refractivity contribution in [1.82, 2.24) is 0 Å². The first kappa shape index (κ1) is 11.0. The molecule has 1 rings (SSSR count). The van der Waals surface area contributed by atoms with Gasteiger partial charge >= 0.3 is 5.97 Å². The lowest BCUT2D eigenvalue weighted by Crippen LogP contribution is -2.42. The van der Waals surface area contributed by atoms with E-state index in [1.807, 2.05) is 0 Å². The van der Waals surface area contributed by atoms with Gasteiger partial charge < -0.3 is 10.8 Å². The molecule has 6 heteroatoms. The molecule has 13 heavy (non-hydrogen) atoms. The molecule has 1 saturated carbocycles. The Morgan fingerprint density at radius 3 is 1.85 bits per heavy atom. The Bertz CT molecular complexity index is 230. The van der Waals surface area contributed by atoms with Crippen molar-refractivity contribution in [1.29, 1.82) is 0 Å². The monoisotopic (exact) mass is 313 g/mol. The normalized spacial score (nSPS) is 38.9. The maximum Gasteiger partial charge on any atom is 0.319 e. The summed E-state index contributed by atoms with van der Waals surface area (Å²) in [7, 11) is 0. The zero-order valence-corrected chi connectivity index (χ0v) is 9.84. The van der Waals surface area contributed by atoms with Crippen LogP contribution in [0.4, 0.5) is 0 Å². The molecule has 0 aromatic heterocycles. The molecule has 0 bridgehead atoms. The number of aliphatic carboxylic acids is 1. The minimum atomic E-state index is -1.40. The van der Waals surface area contributed by atoms with Gasteiger partial charge in [0.15, 0.2) is 0 Å². The topological polar surface area (TPSA) is 80.4 Å². The number of hydrogen-bond donors (Lipinski definition) is 2. The van der Waals surface area contributed by atoms with Gasteiger partial charge in [-0.05, 0) is 12.8 Å². The van der Waals surface area contributed by atoms with E-state index in [1.165, 1.54) is 0 Å². The summed E-state index contributed by atoms with van der Waals surface area (Å²) in [6.07, 6.45) is 0.487. The van der Waals surface area contributed by atoms with Crippen LogP contribution in [0.3, 0.4) is 0 Å². The molecule has 1 aliphatic rings. The molecule has 0 saturated heterocycles. The van der Waals surface area contributed by atoms with Gasteiger partial charge in [0.1, 0.15) is 5.41 Å². The highest BCUT2D eigenvalue weighted by molar-refractivity contribution is 9.12. The van der Waals surface area contributed by atoms with Crippen LogP contribution in [0.2, 0.25) is 0 Å². The van der Waals surface area contributed by atoms with E-state index in [-0.39, 0.29) is 22.5 Å². The van der Waals surface area contributed by atoms with E-state index < -0.39 is 17.3 Å². The quantitative estimate of drug-likeness (QED) is 0.586. The van der Waals surface area contributed by atoms with Crippen molar-refractivity contribution in [3.63, 3.8) is 0 Å². The van der Waals surface area contributed by atoms with Crippen LogP contribution in [0.5, 0.6) is 0 Å². The third-order valence-corrected chi connectivity index (χ3v) is 4.99. The summed E-state index contributed by atoms with van der Waals surface area (Å²) in [5.41, 5.74) is 3.70. The predicted octanol–water partition coefficient (Wildman–Crippen LogP) is 0.863. The van der Waals surface area contributed by atoms with Crippen molar-refractivity contribution in [2.45, 2.75) is 22.5 Å². The molecule has 1 fully saturated rings. The van der Waals surface area contributed by atoms with Crippen LogP contribution in [-0.4, -0.2) is 26.6 Å². The second-order valence-electron chi connectivity index (χ2n) is 3.19. The molecule has 0 spiro atoms. The van der Waals surface area contributed by atoms with Crippen LogP contribution >= 0.6 is 31.9 Å². The third kappa shape index (κ3) is 1.74. The van der Waals surface area contributed by atoms with Crippen molar-refractivity contribution < 1.29 is 14.7 Å². The third-order valence-electron chi connectivity index (χ3n) is 2.36. The van der Waals surface area contributed by atoms with E-state index in [9.17, 15) is 9.59 Å². The summed E-state index contributed by atoms with van der Waals surface area (Å²) in [6.45, 7) is 0. The van der Waals surface area contributed by atoms with Crippen LogP contribution in [-0.2, 0) is 9.59 Å². The first-order valence-electron chi connectivity index (χ1n) is 3.71. The smallest absolute Gasteiger partial charge is 0.319 e. The lowest BCUT2D eigenvalue weighted by atomic mass is 9.86. The average molecular weight is 315 g/mol. The molecule has 4 nitrogen and oxygen atoms in total. The molecule has 0 aromatic carbocycles. The Morgan fingerprint density at radius 2 is 1.69 bits per heavy atom. The summed E-state index contributed by atoms with van der Waals surface area (Å²) >= 11 is 6.60. The highest BCUT2D eigenvalue weighted by Gasteiger charge is 2.53. The molecule has 3 atom stereocenters. The minimum Gasteiger partial charge on any atom is -0.480 e. The Kier molecular flexibility index (Phi) is 3.01. The average Bonchev–Trinajstić information content (AvgIpc) is 2.29. The van der Waals surface area contributed by atoms with E-state index in [1.54, 1.807) is 0 Å². The fourth-order valence-electron chi connectivity index (χ4n) is 1.49. The second kappa shape index (κ2) is 3.57. The van der Waals surface area contributed by atoms with Crippen LogP contribution in [0.25, 0.3) is 0 Å². The van der Waals surface area contributed by atoms with Crippen LogP contribution in [0, 0.1) is 5.41 Å². The summed E-state index contributed by atoms with van der Waals surface area (Å²) in [5, 5.41) is 8.93. The maximum atomic E-state index is 11.1. The summed E-state index contributed by atoms with van der Waals surface area (Å²) in [5.74, 6) is -1.89. The molecule has 1 amide bonds. The van der Waals surface area contributed by atoms with E-state index in [0.29, 0.717) is 0 Å². The second-order valence-corrected chi connectivity index (χ2v) is 5.54. The molecule has 3 N–H and O–H groups in total. The first-order chi connectivity index (χ1) is 5.90. The van der Waals surface area contributed by atoms with Crippen LogP contribution in [0.15, 0.2) is 0 Å². The molecule has 0 heterocycles. The van der Waals surface area contributed by atoms with Crippen molar-refractivity contribution in [3.05, 3.63) is 0 Å². The molecule has 1 aliphatic carbocycles. The highest BCUT2D eigenvalue weighted by atomic mass is 79.9. The van der Waals surface area contributed by atoms with E-state index in [4.69, 9.17) is 10.8 Å². The minimum absolute atomic E-state index is 0.0175. The van der Waals surface area contributed by atoms with Crippen LogP contribution < -0.4 is 5.73 Å². The van der Waals surface area contributed by atoms with E-state index >= 15 is 0 Å². The van der Waals surface area contributed by atoms with Crippen molar-refractivity contribution in [2.75, 3.05) is 0 Å². The molecule has 74 valence electrons. The SMILES string of the molecule is NC(=O)C1(C(=O)O)CC(Br)[C@@H](Br)C1. The number of hydrogen-bond acceptors (Lipinski definition) is 2. The van der Waals surface area contributed by atoms with Crippen molar-refractivity contribution in [3.8, 4) is 0 Å². The van der Waals surface area contributed by atoms with Gasteiger partial charge in [-0.1, -0.05) is 31.9 Å². The lowest BCUT2D eigenvalue weighted by Gasteiger charge is -2.18. The van der Waals surface area contributed by atoms with Gasteiger partial charge in [-0.15, -0.1) is 0 Å². The van der Waals surface area contributed by atoms with Crippen molar-refractivity contribution >= 4 is 43.7 Å². The largest absolute Gasteiger partial charge is 0.480 e. The lowest BCUT2D eigenvalue weighted by molar-refractivity contribution is -0.154. The molecule has 0 aliphatic heterocycles. The number of carboxylic acids is 1. The number of carboxylic acid groups (broad SMARTS) is 1. The number of halogens is 2. The molecular weight excluding hydrogens is 306 g/mol. The summed E-state index contributed by atoms with van der Waals surface area (Å²) < 4.78 is 0. The number of rotatable bonds is 2. The summed E-state index contributed by atoms with van der Waals surface area (Å²) in [4.78, 5) is 21.9. The molecular formula is C7H9Br2NO3. The fourth-order valence-corrected chi connectivity index (χ4v) is 2.97. The van der Waals surface area contributed by atoms with Gasteiger partial charge in [-0.25, -0.2) is 0 Å². The van der Waals surface area contributed by atoms with E-state index in [2.05, 4.69) is 31.9 Å². The fraction of sp³-hybridized carbons (Fsp3) is 0.714. The number of carbonyl (C=O) groups is 2. The number of primary amides is 1. The van der Waals surface area contributed by atoms with Gasteiger partial charge in [0, 0.05) is 9.65 Å². The zero-order chi connectivity index (χ0) is 10.2. The van der Waals surface area contributed by atoms with Crippen molar-refractivity contribution in [2.24, 2.45) is 11.1 Å². The Labute approximate surface area is 92.1 Å². The number of alkyl halides is 2. The molecule has 0 aromatic rings. The number of carbonyl (C=O) groups excluding carboxylic acids is 1. The van der Waals surface area contributed by atoms with Gasteiger partial charge in [0.2, 0.25) is 5.91 Å². The predicted molar refractivity (Wildman–Crippen MR) is 53.9 cm³/mol. The van der Waals surface area contributed by atoms with Gasteiger partial charge in [-0.2, -0.15) is 0 Å². The van der Waals surface area contributed by atoms with Gasteiger partial charge in [0.25, 0.3) is 0 Å². The Balaban J connectivity index is 2.96. The first-order valence-corrected chi connectivity index (χ1v) is 5.55. The zero-order valence-electron chi connectivity index (χ0n) is 6.67. The van der Waals surface area contributed by atoms with Gasteiger partial charge in [0.05, 0.1) is 0 Å². The Hall–Kier alpha value is -0.100. The van der Waals surface area contributed by atoms with Crippen LogP contribution in [0.1, 0.15) is 12.8 Å². The van der Waals surface area contributed by atoms with Gasteiger partial charge in [-0.3, -0.25) is 9.59 Å².